The third kappa shape index (κ3) is 3.08. The van der Waals surface area contributed by atoms with E-state index in [1.54, 1.807) is 0 Å². The normalized spacial score (nSPS) is 11.3. The van der Waals surface area contributed by atoms with E-state index in [2.05, 4.69) is 12.6 Å². The fourth-order valence-corrected chi connectivity index (χ4v) is 2.49. The van der Waals surface area contributed by atoms with Crippen molar-refractivity contribution in [3.05, 3.63) is 35.9 Å². The Balaban J connectivity index is 2.87. The van der Waals surface area contributed by atoms with Crippen LogP contribution in [-0.2, 0) is 4.75 Å². The van der Waals surface area contributed by atoms with E-state index >= 15 is 0 Å². The van der Waals surface area contributed by atoms with E-state index in [1.807, 2.05) is 44.2 Å². The molecule has 0 heterocycles. The number of hydrogen-bond donors (Lipinski definition) is 1. The van der Waals surface area contributed by atoms with Gasteiger partial charge in [-0.25, -0.2) is 0 Å². The molecule has 1 aromatic carbocycles. The Morgan fingerprint density at radius 3 is 2.31 bits per heavy atom. The number of thioether (sulfide) groups is 1. The van der Waals surface area contributed by atoms with E-state index in [0.29, 0.717) is 0 Å². The van der Waals surface area contributed by atoms with Crippen LogP contribution >= 0.6 is 24.4 Å². The minimum Gasteiger partial charge on any atom is -0.275 e. The second-order valence-electron chi connectivity index (χ2n) is 3.24. The monoisotopic (exact) mass is 212 g/mol. The number of thiol groups is 1. The molecule has 70 valence electrons. The molecular weight excluding hydrogens is 200 g/mol. The molecule has 0 aliphatic carbocycles. The van der Waals surface area contributed by atoms with Gasteiger partial charge in [-0.1, -0.05) is 54.7 Å². The van der Waals surface area contributed by atoms with Gasteiger partial charge in [0.05, 0.1) is 0 Å². The Kier molecular flexibility index (Phi) is 3.45. The lowest BCUT2D eigenvalue weighted by Gasteiger charge is -2.22. The van der Waals surface area contributed by atoms with Crippen LogP contribution in [0.1, 0.15) is 19.4 Å². The Bertz CT molecular complexity index is 293. The first-order valence-corrected chi connectivity index (χ1v) is 5.26. The van der Waals surface area contributed by atoms with Crippen LogP contribution in [0.5, 0.6) is 0 Å². The van der Waals surface area contributed by atoms with E-state index < -0.39 is 0 Å². The van der Waals surface area contributed by atoms with Crippen molar-refractivity contribution in [1.82, 2.24) is 0 Å². The first-order chi connectivity index (χ1) is 6.02. The van der Waals surface area contributed by atoms with Crippen molar-refractivity contribution in [2.24, 2.45) is 0 Å². The molecule has 0 fully saturated rings. The van der Waals surface area contributed by atoms with Gasteiger partial charge in [0, 0.05) is 4.75 Å². The molecule has 3 heteroatoms. The number of carbonyl (C=O) groups excluding carboxylic acids is 1. The topological polar surface area (TPSA) is 17.1 Å². The van der Waals surface area contributed by atoms with Crippen LogP contribution in [0.25, 0.3) is 0 Å². The highest BCUT2D eigenvalue weighted by Crippen LogP contribution is 2.36. The maximum absolute atomic E-state index is 10.9. The second kappa shape index (κ2) is 4.20. The lowest BCUT2D eigenvalue weighted by molar-refractivity contribution is 0.276. The summed E-state index contributed by atoms with van der Waals surface area (Å²) in [5.74, 6) is 0. The van der Waals surface area contributed by atoms with Crippen LogP contribution in [0.3, 0.4) is 0 Å². The molecule has 0 aromatic heterocycles. The Morgan fingerprint density at radius 2 is 1.85 bits per heavy atom. The Hall–Kier alpha value is -0.410. The number of hydrogen-bond acceptors (Lipinski definition) is 2. The van der Waals surface area contributed by atoms with E-state index in [9.17, 15) is 4.79 Å². The average molecular weight is 212 g/mol. The van der Waals surface area contributed by atoms with Crippen LogP contribution in [0.15, 0.2) is 30.3 Å². The van der Waals surface area contributed by atoms with Crippen molar-refractivity contribution in [1.29, 1.82) is 0 Å². The fraction of sp³-hybridized carbons (Fsp3) is 0.300. The van der Waals surface area contributed by atoms with Crippen molar-refractivity contribution in [2.45, 2.75) is 18.6 Å². The predicted molar refractivity (Wildman–Crippen MR) is 61.4 cm³/mol. The van der Waals surface area contributed by atoms with Crippen LogP contribution < -0.4 is 0 Å². The van der Waals surface area contributed by atoms with Gasteiger partial charge in [-0.15, -0.1) is 0 Å². The molecule has 0 aliphatic rings. The maximum Gasteiger partial charge on any atom is 0.243 e. The zero-order valence-electron chi connectivity index (χ0n) is 7.65. The van der Waals surface area contributed by atoms with E-state index in [1.165, 1.54) is 11.8 Å². The smallest absolute Gasteiger partial charge is 0.243 e. The van der Waals surface area contributed by atoms with Gasteiger partial charge in [0.25, 0.3) is 0 Å². The van der Waals surface area contributed by atoms with E-state index in [-0.39, 0.29) is 9.19 Å². The van der Waals surface area contributed by atoms with Crippen LogP contribution in [-0.4, -0.2) is 4.45 Å². The summed E-state index contributed by atoms with van der Waals surface area (Å²) in [5, 5.41) is 0. The molecule has 13 heavy (non-hydrogen) atoms. The molecule has 0 unspecified atom stereocenters. The third-order valence-electron chi connectivity index (χ3n) is 1.81. The van der Waals surface area contributed by atoms with Crippen molar-refractivity contribution >= 4 is 28.8 Å². The highest BCUT2D eigenvalue weighted by Gasteiger charge is 2.23. The summed E-state index contributed by atoms with van der Waals surface area (Å²) >= 11 is 5.00. The summed E-state index contributed by atoms with van der Waals surface area (Å²) in [7, 11) is 0. The molecule has 0 bridgehead atoms. The maximum atomic E-state index is 10.9. The molecule has 0 N–H and O–H groups in total. The van der Waals surface area contributed by atoms with Gasteiger partial charge in [0.15, 0.2) is 0 Å². The molecule has 1 nitrogen and oxygen atoms in total. The molecule has 0 spiro atoms. The quantitative estimate of drug-likeness (QED) is 0.753. The van der Waals surface area contributed by atoms with E-state index in [0.717, 1.165) is 5.56 Å². The highest BCUT2D eigenvalue weighted by molar-refractivity contribution is 8.32. The summed E-state index contributed by atoms with van der Waals surface area (Å²) in [6, 6.07) is 9.95. The molecular formula is C10H12OS2. The summed E-state index contributed by atoms with van der Waals surface area (Å²) < 4.78 is -0.339. The van der Waals surface area contributed by atoms with Crippen molar-refractivity contribution in [2.75, 3.05) is 0 Å². The predicted octanol–water partition coefficient (Wildman–Crippen LogP) is 3.70. The molecule has 0 saturated heterocycles. The van der Waals surface area contributed by atoms with Crippen molar-refractivity contribution < 1.29 is 4.79 Å². The van der Waals surface area contributed by atoms with Gasteiger partial charge < -0.3 is 0 Å². The van der Waals surface area contributed by atoms with E-state index in [4.69, 9.17) is 0 Å². The summed E-state index contributed by atoms with van der Waals surface area (Å²) in [5.41, 5.74) is 1.14. The fourth-order valence-electron chi connectivity index (χ4n) is 1.12. The standard InChI is InChI=1S/C10H12OS2/c1-10(2,13-9(11)12)8-6-4-3-5-7-8/h3-7H,1-2H3,(H,11,12). The Labute approximate surface area is 88.3 Å². The molecule has 0 saturated carbocycles. The molecule has 0 amide bonds. The number of benzene rings is 1. The SMILES string of the molecule is CC(C)(SC(=O)S)c1ccccc1. The molecule has 0 atom stereocenters. The van der Waals surface area contributed by atoms with Gasteiger partial charge in [0.2, 0.25) is 4.45 Å². The number of rotatable bonds is 2. The molecule has 1 aromatic rings. The summed E-state index contributed by atoms with van der Waals surface area (Å²) in [6.45, 7) is 4.03. The highest BCUT2D eigenvalue weighted by atomic mass is 32.2. The van der Waals surface area contributed by atoms with Gasteiger partial charge >= 0.3 is 0 Å². The Morgan fingerprint density at radius 1 is 1.31 bits per heavy atom. The minimum atomic E-state index is -0.194. The first kappa shape index (κ1) is 10.7. The molecule has 1 rings (SSSR count). The average Bonchev–Trinajstić information content (AvgIpc) is 2.04. The second-order valence-corrected chi connectivity index (χ2v) is 5.55. The lowest BCUT2D eigenvalue weighted by atomic mass is 10.0. The lowest BCUT2D eigenvalue weighted by Crippen LogP contribution is -2.12. The van der Waals surface area contributed by atoms with Crippen molar-refractivity contribution in [3.8, 4) is 0 Å². The van der Waals surface area contributed by atoms with Crippen LogP contribution in [0.2, 0.25) is 0 Å². The van der Waals surface area contributed by atoms with Gasteiger partial charge in [-0.3, -0.25) is 4.79 Å². The minimum absolute atomic E-state index is 0.145. The number of carbonyl (C=O) groups is 1. The first-order valence-electron chi connectivity index (χ1n) is 4.00. The molecule has 0 aliphatic heterocycles. The van der Waals surface area contributed by atoms with Gasteiger partial charge in [-0.05, 0) is 19.4 Å². The van der Waals surface area contributed by atoms with Crippen LogP contribution in [0, 0.1) is 0 Å². The molecule has 0 radical (unpaired) electrons. The zero-order valence-corrected chi connectivity index (χ0v) is 9.36. The zero-order chi connectivity index (χ0) is 9.90. The van der Waals surface area contributed by atoms with Gasteiger partial charge in [0.1, 0.15) is 0 Å². The third-order valence-corrected chi connectivity index (χ3v) is 3.01. The van der Waals surface area contributed by atoms with Crippen LogP contribution in [0.4, 0.5) is 4.79 Å². The van der Waals surface area contributed by atoms with Gasteiger partial charge in [-0.2, -0.15) is 0 Å². The summed E-state index contributed by atoms with van der Waals surface area (Å²) in [6.07, 6.45) is 0. The largest absolute Gasteiger partial charge is 0.275 e. The van der Waals surface area contributed by atoms with Crippen molar-refractivity contribution in [3.63, 3.8) is 0 Å². The summed E-state index contributed by atoms with van der Waals surface area (Å²) in [4.78, 5) is 10.9.